The Labute approximate surface area is 315 Å². The van der Waals surface area contributed by atoms with Crippen molar-refractivity contribution in [2.75, 3.05) is 26.4 Å². The van der Waals surface area contributed by atoms with Gasteiger partial charge in [0, 0.05) is 6.42 Å². The second-order valence-electron chi connectivity index (χ2n) is 13.7. The Hall–Kier alpha value is -2.11. The van der Waals surface area contributed by atoms with E-state index in [0.29, 0.717) is 19.4 Å². The highest BCUT2D eigenvalue weighted by molar-refractivity contribution is 5.69. The van der Waals surface area contributed by atoms with Crippen LogP contribution in [0.25, 0.3) is 0 Å². The van der Waals surface area contributed by atoms with Crippen LogP contribution in [0, 0.1) is 0 Å². The minimum absolute atomic E-state index is 0.0898. The first-order valence-corrected chi connectivity index (χ1v) is 20.4. The molecule has 1 heterocycles. The molecule has 1 aliphatic heterocycles. The Kier molecular flexibility index (Phi) is 31.9. The lowest BCUT2D eigenvalue weighted by atomic mass is 9.99. The van der Waals surface area contributed by atoms with Crippen LogP contribution in [0.2, 0.25) is 0 Å². The van der Waals surface area contributed by atoms with Gasteiger partial charge in [-0.15, -0.1) is 0 Å². The Morgan fingerprint density at radius 3 is 1.65 bits per heavy atom. The summed E-state index contributed by atoms with van der Waals surface area (Å²) in [6, 6.07) is 0. The number of aliphatic hydroxyl groups is 4. The van der Waals surface area contributed by atoms with E-state index in [1.165, 1.54) is 64.2 Å². The van der Waals surface area contributed by atoms with Gasteiger partial charge in [0.1, 0.15) is 30.5 Å². The molecule has 300 valence electrons. The van der Waals surface area contributed by atoms with Gasteiger partial charge < -0.3 is 39.4 Å². The van der Waals surface area contributed by atoms with Crippen LogP contribution in [0.4, 0.5) is 0 Å². The summed E-state index contributed by atoms with van der Waals surface area (Å²) in [5, 5.41) is 40.0. The van der Waals surface area contributed by atoms with Crippen molar-refractivity contribution < 1.29 is 44.2 Å². The standard InChI is InChI=1S/C43H74O9/c1-3-5-7-9-11-13-15-17-18-19-21-23-25-27-29-31-33-49-35-37(36-50-43-42(48)41(47)40(46)38(34-44)52-43)51-39(45)32-30-28-26-24-22-20-16-14-12-10-8-6-4-2/h5,7,11,13,17-18,21,23,27,29,37-38,40-44,46-48H,3-4,6,8-10,12,14-16,19-20,22,24-26,28,30-36H2,1-2H3/b7-5-,13-11-,18-17-,23-21-,29-27-. The molecular formula is C43H74O9. The predicted molar refractivity (Wildman–Crippen MR) is 210 cm³/mol. The molecule has 9 nitrogen and oxygen atoms in total. The van der Waals surface area contributed by atoms with Crippen LogP contribution < -0.4 is 0 Å². The molecule has 0 radical (unpaired) electrons. The minimum atomic E-state index is -1.55. The molecule has 52 heavy (non-hydrogen) atoms. The van der Waals surface area contributed by atoms with Crippen molar-refractivity contribution in [2.24, 2.45) is 0 Å². The third kappa shape index (κ3) is 25.8. The van der Waals surface area contributed by atoms with Gasteiger partial charge in [0.05, 0.1) is 26.4 Å². The first kappa shape index (κ1) is 47.9. The highest BCUT2D eigenvalue weighted by Gasteiger charge is 2.44. The summed E-state index contributed by atoms with van der Waals surface area (Å²) >= 11 is 0. The smallest absolute Gasteiger partial charge is 0.306 e. The molecule has 6 atom stereocenters. The van der Waals surface area contributed by atoms with Crippen molar-refractivity contribution in [2.45, 2.75) is 179 Å². The Morgan fingerprint density at radius 2 is 1.13 bits per heavy atom. The molecule has 6 unspecified atom stereocenters. The molecule has 1 saturated heterocycles. The number of allylic oxidation sites excluding steroid dienone is 9. The number of esters is 1. The summed E-state index contributed by atoms with van der Waals surface area (Å²) in [6.45, 7) is 4.21. The zero-order chi connectivity index (χ0) is 37.9. The summed E-state index contributed by atoms with van der Waals surface area (Å²) in [6.07, 6.45) is 35.5. The number of hydrogen-bond acceptors (Lipinski definition) is 9. The predicted octanol–water partition coefficient (Wildman–Crippen LogP) is 8.35. The van der Waals surface area contributed by atoms with Crippen LogP contribution >= 0.6 is 0 Å². The molecule has 0 saturated carbocycles. The largest absolute Gasteiger partial charge is 0.457 e. The topological polar surface area (TPSA) is 135 Å². The van der Waals surface area contributed by atoms with Gasteiger partial charge in [-0.1, -0.05) is 152 Å². The lowest BCUT2D eigenvalue weighted by Crippen LogP contribution is -2.59. The zero-order valence-electron chi connectivity index (χ0n) is 32.5. The molecule has 0 aromatic carbocycles. The van der Waals surface area contributed by atoms with Crippen LogP contribution in [0.15, 0.2) is 60.8 Å². The van der Waals surface area contributed by atoms with E-state index < -0.39 is 43.4 Å². The van der Waals surface area contributed by atoms with E-state index in [0.717, 1.165) is 51.4 Å². The third-order valence-electron chi connectivity index (χ3n) is 8.97. The molecule has 0 aliphatic carbocycles. The summed E-state index contributed by atoms with van der Waals surface area (Å²) in [5.41, 5.74) is 0. The summed E-state index contributed by atoms with van der Waals surface area (Å²) in [5.74, 6) is -0.341. The van der Waals surface area contributed by atoms with Gasteiger partial charge >= 0.3 is 5.97 Å². The second-order valence-corrected chi connectivity index (χ2v) is 13.7. The number of carbonyl (C=O) groups excluding carboxylic acids is 1. The van der Waals surface area contributed by atoms with E-state index in [2.05, 4.69) is 74.6 Å². The maximum Gasteiger partial charge on any atom is 0.306 e. The number of unbranched alkanes of at least 4 members (excludes halogenated alkanes) is 12. The van der Waals surface area contributed by atoms with Crippen molar-refractivity contribution in [3.8, 4) is 0 Å². The van der Waals surface area contributed by atoms with Crippen molar-refractivity contribution in [1.29, 1.82) is 0 Å². The first-order valence-electron chi connectivity index (χ1n) is 20.4. The highest BCUT2D eigenvalue weighted by Crippen LogP contribution is 2.22. The molecule has 1 fully saturated rings. The molecule has 0 amide bonds. The van der Waals surface area contributed by atoms with Crippen LogP contribution in [0.5, 0.6) is 0 Å². The van der Waals surface area contributed by atoms with Gasteiger partial charge in [-0.2, -0.15) is 0 Å². The van der Waals surface area contributed by atoms with Gasteiger partial charge in [-0.05, 0) is 44.9 Å². The zero-order valence-corrected chi connectivity index (χ0v) is 32.5. The van der Waals surface area contributed by atoms with Crippen molar-refractivity contribution in [3.05, 3.63) is 60.8 Å². The number of hydrogen-bond donors (Lipinski definition) is 4. The summed E-state index contributed by atoms with van der Waals surface area (Å²) in [4.78, 5) is 12.7. The number of rotatable bonds is 33. The molecule has 0 spiro atoms. The second kappa shape index (κ2) is 34.6. The Bertz CT molecular complexity index is 974. The summed E-state index contributed by atoms with van der Waals surface area (Å²) < 4.78 is 22.6. The van der Waals surface area contributed by atoms with E-state index in [1.54, 1.807) is 0 Å². The quantitative estimate of drug-likeness (QED) is 0.0298. The average Bonchev–Trinajstić information content (AvgIpc) is 3.14. The molecule has 0 aromatic heterocycles. The fourth-order valence-corrected chi connectivity index (χ4v) is 5.79. The fourth-order valence-electron chi connectivity index (χ4n) is 5.79. The maximum atomic E-state index is 12.7. The van der Waals surface area contributed by atoms with Crippen LogP contribution in [-0.2, 0) is 23.7 Å². The monoisotopic (exact) mass is 735 g/mol. The van der Waals surface area contributed by atoms with Crippen molar-refractivity contribution in [1.82, 2.24) is 0 Å². The van der Waals surface area contributed by atoms with Gasteiger partial charge in [-0.3, -0.25) is 4.79 Å². The Balaban J connectivity index is 2.37. The van der Waals surface area contributed by atoms with Crippen molar-refractivity contribution in [3.63, 3.8) is 0 Å². The molecule has 1 rings (SSSR count). The van der Waals surface area contributed by atoms with E-state index in [1.807, 2.05) is 0 Å². The highest BCUT2D eigenvalue weighted by atomic mass is 16.7. The number of aliphatic hydroxyl groups excluding tert-OH is 4. The normalized spacial score (nSPS) is 21.8. The average molecular weight is 735 g/mol. The van der Waals surface area contributed by atoms with Crippen molar-refractivity contribution >= 4 is 5.97 Å². The van der Waals surface area contributed by atoms with Gasteiger partial charge in [0.15, 0.2) is 6.29 Å². The van der Waals surface area contributed by atoms with Crippen LogP contribution in [0.1, 0.15) is 142 Å². The maximum absolute atomic E-state index is 12.7. The molecule has 0 bridgehead atoms. The molecule has 1 aliphatic rings. The van der Waals surface area contributed by atoms with E-state index in [9.17, 15) is 25.2 Å². The van der Waals surface area contributed by atoms with Crippen LogP contribution in [0.3, 0.4) is 0 Å². The fraction of sp³-hybridized carbons (Fsp3) is 0.744. The van der Waals surface area contributed by atoms with Gasteiger partial charge in [0.25, 0.3) is 0 Å². The van der Waals surface area contributed by atoms with Crippen LogP contribution in [-0.4, -0.2) is 89.6 Å². The molecular weight excluding hydrogens is 660 g/mol. The summed E-state index contributed by atoms with van der Waals surface area (Å²) in [7, 11) is 0. The molecule has 9 heteroatoms. The Morgan fingerprint density at radius 1 is 0.635 bits per heavy atom. The van der Waals surface area contributed by atoms with Gasteiger partial charge in [0.2, 0.25) is 0 Å². The number of ether oxygens (including phenoxy) is 4. The lowest BCUT2D eigenvalue weighted by molar-refractivity contribution is -0.305. The molecule has 0 aromatic rings. The molecule has 4 N–H and O–H groups in total. The third-order valence-corrected chi connectivity index (χ3v) is 8.97. The first-order chi connectivity index (χ1) is 25.4. The lowest BCUT2D eigenvalue weighted by Gasteiger charge is -2.39. The van der Waals surface area contributed by atoms with E-state index in [-0.39, 0.29) is 19.2 Å². The van der Waals surface area contributed by atoms with E-state index >= 15 is 0 Å². The number of carbonyl (C=O) groups is 1. The minimum Gasteiger partial charge on any atom is -0.457 e. The SMILES string of the molecule is CC/C=C\C/C=C\C/C=C\C/C=C\C/C=C\CCOCC(COC1OC(CO)C(O)C(O)C1O)OC(=O)CCCCCCCCCCCCCCC. The van der Waals surface area contributed by atoms with Gasteiger partial charge in [-0.25, -0.2) is 0 Å². The van der Waals surface area contributed by atoms with E-state index in [4.69, 9.17) is 18.9 Å².